The van der Waals surface area contributed by atoms with E-state index in [4.69, 9.17) is 14.2 Å². The summed E-state index contributed by atoms with van der Waals surface area (Å²) in [5, 5.41) is 5.38. The molecule has 0 radical (unpaired) electrons. The number of fused-ring (bicyclic) bond motifs is 1. The molecule has 9 nitrogen and oxygen atoms in total. The number of benzene rings is 2. The molecule has 2 aliphatic heterocycles. The summed E-state index contributed by atoms with van der Waals surface area (Å²) >= 11 is 0. The summed E-state index contributed by atoms with van der Waals surface area (Å²) in [6.07, 6.45) is 0.772. The van der Waals surface area contributed by atoms with Gasteiger partial charge in [0.2, 0.25) is 5.91 Å². The zero-order valence-corrected chi connectivity index (χ0v) is 17.3. The first-order valence-electron chi connectivity index (χ1n) is 9.89. The number of anilines is 1. The highest BCUT2D eigenvalue weighted by atomic mass is 16.5. The number of ether oxygens (including phenoxy) is 3. The Bertz CT molecular complexity index is 1040. The van der Waals surface area contributed by atoms with Crippen LogP contribution in [0.1, 0.15) is 18.9 Å². The Morgan fingerprint density at radius 2 is 1.94 bits per heavy atom. The molecule has 0 bridgehead atoms. The fourth-order valence-electron chi connectivity index (χ4n) is 3.56. The van der Waals surface area contributed by atoms with Crippen molar-refractivity contribution in [1.82, 2.24) is 10.2 Å². The largest absolute Gasteiger partial charge is 0.497 e. The lowest BCUT2D eigenvalue weighted by molar-refractivity contribution is -0.133. The van der Waals surface area contributed by atoms with E-state index < -0.39 is 29.9 Å². The Labute approximate surface area is 179 Å². The maximum absolute atomic E-state index is 13.0. The molecular weight excluding hydrogens is 402 g/mol. The third kappa shape index (κ3) is 3.98. The first kappa shape index (κ1) is 20.5. The fraction of sp³-hybridized carbons (Fsp3) is 0.318. The minimum absolute atomic E-state index is 0.418. The number of nitrogens with one attached hydrogen (secondary N) is 2. The smallest absolute Gasteiger partial charge is 0.325 e. The summed E-state index contributed by atoms with van der Waals surface area (Å²) in [6, 6.07) is 11.3. The summed E-state index contributed by atoms with van der Waals surface area (Å²) < 4.78 is 16.4. The number of hydrogen-bond acceptors (Lipinski definition) is 6. The van der Waals surface area contributed by atoms with Crippen molar-refractivity contribution in [3.05, 3.63) is 48.0 Å². The van der Waals surface area contributed by atoms with Crippen LogP contribution in [0, 0.1) is 0 Å². The van der Waals surface area contributed by atoms with E-state index in [2.05, 4.69) is 10.6 Å². The number of amides is 4. The van der Waals surface area contributed by atoms with Crippen molar-refractivity contribution >= 4 is 23.5 Å². The van der Waals surface area contributed by atoms with Crippen molar-refractivity contribution < 1.29 is 28.6 Å². The summed E-state index contributed by atoms with van der Waals surface area (Å²) in [7, 11) is 1.52. The first-order chi connectivity index (χ1) is 14.9. The minimum atomic E-state index is -1.29. The number of urea groups is 1. The molecule has 2 aromatic rings. The number of methoxy groups -OCH3 is 1. The highest BCUT2D eigenvalue weighted by molar-refractivity contribution is 6.10. The van der Waals surface area contributed by atoms with Gasteiger partial charge in [0.05, 0.1) is 20.3 Å². The Morgan fingerprint density at radius 3 is 2.71 bits per heavy atom. The SMILES string of the molecule is COc1cccc(C2(C)NC(=O)N(CC(=O)Nc3ccc4c(c3)OCCCO4)C2=O)c1. The van der Waals surface area contributed by atoms with Crippen molar-refractivity contribution in [2.45, 2.75) is 18.9 Å². The van der Waals surface area contributed by atoms with Crippen LogP contribution in [-0.2, 0) is 15.1 Å². The van der Waals surface area contributed by atoms with E-state index in [-0.39, 0.29) is 0 Å². The summed E-state index contributed by atoms with van der Waals surface area (Å²) in [5.41, 5.74) is -0.242. The Balaban J connectivity index is 1.46. The number of rotatable bonds is 5. The lowest BCUT2D eigenvalue weighted by Gasteiger charge is -2.22. The van der Waals surface area contributed by atoms with Crippen LogP contribution in [0.3, 0.4) is 0 Å². The molecule has 1 unspecified atom stereocenters. The van der Waals surface area contributed by atoms with Gasteiger partial charge in [-0.25, -0.2) is 4.79 Å². The second-order valence-electron chi connectivity index (χ2n) is 7.44. The monoisotopic (exact) mass is 425 g/mol. The van der Waals surface area contributed by atoms with Gasteiger partial charge in [0.15, 0.2) is 11.5 Å². The highest BCUT2D eigenvalue weighted by Gasteiger charge is 2.49. The van der Waals surface area contributed by atoms with Crippen molar-refractivity contribution in [3.63, 3.8) is 0 Å². The third-order valence-corrected chi connectivity index (χ3v) is 5.26. The molecule has 162 valence electrons. The normalized spacial score (nSPS) is 20.1. The molecule has 0 spiro atoms. The molecule has 1 atom stereocenters. The van der Waals surface area contributed by atoms with E-state index in [1.807, 2.05) is 0 Å². The molecule has 2 heterocycles. The molecule has 0 saturated carbocycles. The fourth-order valence-corrected chi connectivity index (χ4v) is 3.56. The minimum Gasteiger partial charge on any atom is -0.497 e. The van der Waals surface area contributed by atoms with E-state index in [0.29, 0.717) is 41.7 Å². The Kier molecular flexibility index (Phi) is 5.41. The average molecular weight is 425 g/mol. The van der Waals surface area contributed by atoms with Crippen molar-refractivity contribution in [3.8, 4) is 17.2 Å². The Morgan fingerprint density at radius 1 is 1.16 bits per heavy atom. The maximum atomic E-state index is 13.0. The number of hydrogen-bond donors (Lipinski definition) is 2. The molecule has 31 heavy (non-hydrogen) atoms. The van der Waals surface area contributed by atoms with Crippen LogP contribution in [0.25, 0.3) is 0 Å². The summed E-state index contributed by atoms with van der Waals surface area (Å²) in [5.74, 6) is 0.688. The number of imide groups is 1. The van der Waals surface area contributed by atoms with Crippen LogP contribution >= 0.6 is 0 Å². The third-order valence-electron chi connectivity index (χ3n) is 5.26. The van der Waals surface area contributed by atoms with Gasteiger partial charge in [-0.05, 0) is 36.8 Å². The van der Waals surface area contributed by atoms with Crippen molar-refractivity contribution in [1.29, 1.82) is 0 Å². The van der Waals surface area contributed by atoms with Crippen LogP contribution in [-0.4, -0.2) is 49.6 Å². The van der Waals surface area contributed by atoms with Gasteiger partial charge in [-0.1, -0.05) is 12.1 Å². The van der Waals surface area contributed by atoms with Crippen LogP contribution in [0.5, 0.6) is 17.2 Å². The molecule has 1 fully saturated rings. The summed E-state index contributed by atoms with van der Waals surface area (Å²) in [4.78, 5) is 39.0. The standard InChI is InChI=1S/C22H23N3O6/c1-22(14-5-3-6-16(11-14)29-2)20(27)25(21(28)24-22)13-19(26)23-15-7-8-17-18(12-15)31-10-4-9-30-17/h3,5-8,11-12H,4,9-10,13H2,1-2H3,(H,23,26)(H,24,28). The van der Waals surface area contributed by atoms with E-state index in [0.717, 1.165) is 11.3 Å². The van der Waals surface area contributed by atoms with Gasteiger partial charge in [0.1, 0.15) is 17.8 Å². The topological polar surface area (TPSA) is 106 Å². The molecule has 2 aliphatic rings. The molecule has 2 N–H and O–H groups in total. The maximum Gasteiger partial charge on any atom is 0.325 e. The number of carbonyl (C=O) groups excluding carboxylic acids is 3. The average Bonchev–Trinajstić information content (AvgIpc) is 2.93. The zero-order valence-electron chi connectivity index (χ0n) is 17.3. The van der Waals surface area contributed by atoms with E-state index in [9.17, 15) is 14.4 Å². The van der Waals surface area contributed by atoms with E-state index >= 15 is 0 Å². The van der Waals surface area contributed by atoms with Gasteiger partial charge in [0.25, 0.3) is 5.91 Å². The van der Waals surface area contributed by atoms with Crippen LogP contribution < -0.4 is 24.8 Å². The molecular formula is C22H23N3O6. The molecule has 4 rings (SSSR count). The van der Waals surface area contributed by atoms with Gasteiger partial charge in [-0.2, -0.15) is 0 Å². The van der Waals surface area contributed by atoms with E-state index in [1.54, 1.807) is 49.4 Å². The molecule has 0 aliphatic carbocycles. The van der Waals surface area contributed by atoms with Gasteiger partial charge in [0, 0.05) is 18.2 Å². The van der Waals surface area contributed by atoms with Gasteiger partial charge in [-0.15, -0.1) is 0 Å². The molecule has 1 saturated heterocycles. The zero-order chi connectivity index (χ0) is 22.0. The predicted octanol–water partition coefficient (Wildman–Crippen LogP) is 2.26. The van der Waals surface area contributed by atoms with Crippen molar-refractivity contribution in [2.75, 3.05) is 32.2 Å². The second kappa shape index (κ2) is 8.17. The highest BCUT2D eigenvalue weighted by Crippen LogP contribution is 2.33. The first-order valence-corrected chi connectivity index (χ1v) is 9.89. The molecule has 4 amide bonds. The van der Waals surface area contributed by atoms with E-state index in [1.165, 1.54) is 7.11 Å². The second-order valence-corrected chi connectivity index (χ2v) is 7.44. The van der Waals surface area contributed by atoms with Gasteiger partial charge >= 0.3 is 6.03 Å². The van der Waals surface area contributed by atoms with Gasteiger partial charge in [-0.3, -0.25) is 14.5 Å². The van der Waals surface area contributed by atoms with Crippen LogP contribution in [0.15, 0.2) is 42.5 Å². The quantitative estimate of drug-likeness (QED) is 0.712. The predicted molar refractivity (Wildman–Crippen MR) is 111 cm³/mol. The lowest BCUT2D eigenvalue weighted by atomic mass is 9.92. The molecule has 9 heteroatoms. The number of nitrogens with zero attached hydrogens (tertiary/aromatic N) is 1. The molecule has 2 aromatic carbocycles. The van der Waals surface area contributed by atoms with Crippen molar-refractivity contribution in [2.24, 2.45) is 0 Å². The summed E-state index contributed by atoms with van der Waals surface area (Å²) in [6.45, 7) is 2.27. The van der Waals surface area contributed by atoms with Gasteiger partial charge < -0.3 is 24.8 Å². The molecule has 0 aromatic heterocycles. The Hall–Kier alpha value is -3.75. The van der Waals surface area contributed by atoms with Crippen LogP contribution in [0.2, 0.25) is 0 Å². The number of carbonyl (C=O) groups is 3. The lowest BCUT2D eigenvalue weighted by Crippen LogP contribution is -2.42. The van der Waals surface area contributed by atoms with Crippen LogP contribution in [0.4, 0.5) is 10.5 Å².